The Bertz CT molecular complexity index is 398. The highest BCUT2D eigenvalue weighted by Crippen LogP contribution is 2.44. The Morgan fingerprint density at radius 3 is 1.95 bits per heavy atom. The second-order valence-electron chi connectivity index (χ2n) is 5.29. The molecule has 3 atom stereocenters. The summed E-state index contributed by atoms with van der Waals surface area (Å²) in [5.41, 5.74) is 0. The van der Waals surface area contributed by atoms with Gasteiger partial charge in [0.15, 0.2) is 0 Å². The number of esters is 2. The second-order valence-corrected chi connectivity index (χ2v) is 5.29. The van der Waals surface area contributed by atoms with Gasteiger partial charge < -0.3 is 14.6 Å². The van der Waals surface area contributed by atoms with Crippen molar-refractivity contribution in [2.75, 3.05) is 14.2 Å². The van der Waals surface area contributed by atoms with Crippen molar-refractivity contribution < 1.29 is 29.0 Å². The fourth-order valence-electron chi connectivity index (χ4n) is 2.76. The van der Waals surface area contributed by atoms with Crippen LogP contribution in [0.15, 0.2) is 12.2 Å². The van der Waals surface area contributed by atoms with E-state index in [0.29, 0.717) is 24.2 Å². The van der Waals surface area contributed by atoms with Gasteiger partial charge in [-0.2, -0.15) is 0 Å². The maximum absolute atomic E-state index is 10.4. The van der Waals surface area contributed by atoms with Crippen LogP contribution in [0.3, 0.4) is 0 Å². The van der Waals surface area contributed by atoms with Crippen LogP contribution in [-0.2, 0) is 23.9 Å². The molecule has 1 fully saturated rings. The zero-order valence-electron chi connectivity index (χ0n) is 12.4. The van der Waals surface area contributed by atoms with E-state index in [4.69, 9.17) is 5.11 Å². The van der Waals surface area contributed by atoms with Crippen LogP contribution in [0.4, 0.5) is 0 Å². The van der Waals surface area contributed by atoms with Crippen LogP contribution >= 0.6 is 0 Å². The number of carbonyl (C=O) groups excluding carboxylic acids is 2. The molecule has 2 bridgehead atoms. The summed E-state index contributed by atoms with van der Waals surface area (Å²) in [5.74, 6) is 0.273. The van der Waals surface area contributed by atoms with Gasteiger partial charge in [0.05, 0.1) is 27.1 Å². The minimum Gasteiger partial charge on any atom is -0.481 e. The molecule has 118 valence electrons. The summed E-state index contributed by atoms with van der Waals surface area (Å²) in [6.07, 6.45) is 7.29. The smallest absolute Gasteiger partial charge is 0.306 e. The molecule has 0 heterocycles. The third-order valence-corrected chi connectivity index (χ3v) is 3.84. The van der Waals surface area contributed by atoms with Crippen LogP contribution in [-0.4, -0.2) is 37.2 Å². The predicted molar refractivity (Wildman–Crippen MR) is 74.4 cm³/mol. The lowest BCUT2D eigenvalue weighted by Crippen LogP contribution is -2.11. The van der Waals surface area contributed by atoms with Gasteiger partial charge in [-0.25, -0.2) is 0 Å². The highest BCUT2D eigenvalue weighted by atomic mass is 16.5. The standard InChI is InChI=1S/C9H12O2.C6H10O4/c10-9(11)5-8-4-6-1-2-7(8)3-6;1-9-5(7)3-4-6(8)10-2/h1-2,6-8H,3-5H2,(H,10,11);3-4H2,1-2H3. The molecular weight excluding hydrogens is 276 g/mol. The topological polar surface area (TPSA) is 89.9 Å². The van der Waals surface area contributed by atoms with Crippen LogP contribution in [0.1, 0.15) is 32.1 Å². The van der Waals surface area contributed by atoms with E-state index in [1.807, 2.05) is 0 Å². The number of rotatable bonds is 5. The molecule has 0 radical (unpaired) electrons. The lowest BCUT2D eigenvalue weighted by atomic mass is 9.91. The summed E-state index contributed by atoms with van der Waals surface area (Å²) < 4.78 is 8.60. The van der Waals surface area contributed by atoms with Gasteiger partial charge in [0.25, 0.3) is 0 Å². The fourth-order valence-corrected chi connectivity index (χ4v) is 2.76. The zero-order valence-corrected chi connectivity index (χ0v) is 12.4. The molecule has 2 aliphatic rings. The van der Waals surface area contributed by atoms with Crippen LogP contribution < -0.4 is 0 Å². The molecule has 1 N–H and O–H groups in total. The second kappa shape index (κ2) is 8.44. The van der Waals surface area contributed by atoms with Crippen molar-refractivity contribution in [1.29, 1.82) is 0 Å². The molecule has 0 aliphatic heterocycles. The summed E-state index contributed by atoms with van der Waals surface area (Å²) in [6.45, 7) is 0. The number of ether oxygens (including phenoxy) is 2. The molecular formula is C15H22O6. The van der Waals surface area contributed by atoms with Crippen molar-refractivity contribution in [3.63, 3.8) is 0 Å². The van der Waals surface area contributed by atoms with Crippen LogP contribution in [0.5, 0.6) is 0 Å². The van der Waals surface area contributed by atoms with Gasteiger partial charge in [0, 0.05) is 6.42 Å². The summed E-state index contributed by atoms with van der Waals surface area (Å²) in [6, 6.07) is 0. The fraction of sp³-hybridized carbons (Fsp3) is 0.667. The van der Waals surface area contributed by atoms with E-state index in [0.717, 1.165) is 6.42 Å². The van der Waals surface area contributed by atoms with Gasteiger partial charge in [-0.3, -0.25) is 14.4 Å². The first-order valence-corrected chi connectivity index (χ1v) is 7.00. The number of allylic oxidation sites excluding steroid dienone is 2. The lowest BCUT2D eigenvalue weighted by Gasteiger charge is -2.14. The third kappa shape index (κ3) is 5.97. The number of carboxylic acid groups (broad SMARTS) is 1. The molecule has 1 saturated carbocycles. The predicted octanol–water partition coefficient (Wildman–Crippen LogP) is 1.79. The van der Waals surface area contributed by atoms with Crippen LogP contribution in [0.25, 0.3) is 0 Å². The van der Waals surface area contributed by atoms with Crippen molar-refractivity contribution in [3.05, 3.63) is 12.2 Å². The largest absolute Gasteiger partial charge is 0.481 e. The summed E-state index contributed by atoms with van der Waals surface area (Å²) in [5, 5.41) is 8.58. The maximum Gasteiger partial charge on any atom is 0.306 e. The van der Waals surface area contributed by atoms with E-state index in [9.17, 15) is 14.4 Å². The van der Waals surface area contributed by atoms with Crippen molar-refractivity contribution in [2.24, 2.45) is 17.8 Å². The number of aliphatic carboxylic acids is 1. The quantitative estimate of drug-likeness (QED) is 0.614. The van der Waals surface area contributed by atoms with Crippen molar-refractivity contribution in [1.82, 2.24) is 0 Å². The molecule has 0 saturated heterocycles. The molecule has 0 aromatic carbocycles. The highest BCUT2D eigenvalue weighted by Gasteiger charge is 2.36. The summed E-state index contributed by atoms with van der Waals surface area (Å²) in [4.78, 5) is 31.2. The summed E-state index contributed by atoms with van der Waals surface area (Å²) in [7, 11) is 2.55. The Labute approximate surface area is 124 Å². The maximum atomic E-state index is 10.4. The Balaban J connectivity index is 0.000000212. The van der Waals surface area contributed by atoms with Crippen molar-refractivity contribution in [3.8, 4) is 0 Å². The molecule has 6 nitrogen and oxygen atoms in total. The number of carboxylic acids is 1. The highest BCUT2D eigenvalue weighted by molar-refractivity contribution is 5.77. The minimum absolute atomic E-state index is 0.0865. The van der Waals surface area contributed by atoms with Gasteiger partial charge in [0.2, 0.25) is 0 Å². The molecule has 0 spiro atoms. The first-order chi connectivity index (χ1) is 9.96. The average Bonchev–Trinajstić information content (AvgIpc) is 3.06. The number of fused-ring (bicyclic) bond motifs is 2. The van der Waals surface area contributed by atoms with Gasteiger partial charge in [0.1, 0.15) is 0 Å². The van der Waals surface area contributed by atoms with Gasteiger partial charge in [-0.15, -0.1) is 0 Å². The molecule has 0 aromatic rings. The van der Waals surface area contributed by atoms with Crippen LogP contribution in [0.2, 0.25) is 0 Å². The SMILES string of the molecule is COC(=O)CCC(=O)OC.O=C(O)CC1CC2C=CC1C2. The van der Waals surface area contributed by atoms with E-state index in [1.54, 1.807) is 0 Å². The van der Waals surface area contributed by atoms with E-state index in [-0.39, 0.29) is 12.8 Å². The van der Waals surface area contributed by atoms with Crippen LogP contribution in [0, 0.1) is 17.8 Å². The Hall–Kier alpha value is -1.85. The Kier molecular flexibility index (Phi) is 6.91. The molecule has 3 unspecified atom stereocenters. The molecule has 6 heteroatoms. The minimum atomic E-state index is -0.643. The average molecular weight is 298 g/mol. The van der Waals surface area contributed by atoms with E-state index >= 15 is 0 Å². The van der Waals surface area contributed by atoms with E-state index in [2.05, 4.69) is 21.6 Å². The molecule has 2 rings (SSSR count). The summed E-state index contributed by atoms with van der Waals surface area (Å²) >= 11 is 0. The Morgan fingerprint density at radius 2 is 1.62 bits per heavy atom. The number of hydrogen-bond acceptors (Lipinski definition) is 5. The number of methoxy groups -OCH3 is 2. The Morgan fingerprint density at radius 1 is 1.05 bits per heavy atom. The van der Waals surface area contributed by atoms with Gasteiger partial charge >= 0.3 is 17.9 Å². The number of hydrogen-bond donors (Lipinski definition) is 1. The van der Waals surface area contributed by atoms with E-state index < -0.39 is 17.9 Å². The first kappa shape index (κ1) is 17.2. The van der Waals surface area contributed by atoms with Crippen molar-refractivity contribution in [2.45, 2.75) is 32.1 Å². The van der Waals surface area contributed by atoms with Gasteiger partial charge in [-0.1, -0.05) is 12.2 Å². The molecule has 0 amide bonds. The number of carbonyl (C=O) groups is 3. The monoisotopic (exact) mass is 298 g/mol. The molecule has 0 aromatic heterocycles. The zero-order chi connectivity index (χ0) is 15.8. The normalized spacial score (nSPS) is 25.0. The lowest BCUT2D eigenvalue weighted by molar-refractivity contribution is -0.147. The third-order valence-electron chi connectivity index (χ3n) is 3.84. The first-order valence-electron chi connectivity index (χ1n) is 7.00. The molecule has 21 heavy (non-hydrogen) atoms. The van der Waals surface area contributed by atoms with Crippen molar-refractivity contribution >= 4 is 17.9 Å². The molecule has 2 aliphatic carbocycles. The van der Waals surface area contributed by atoms with E-state index in [1.165, 1.54) is 20.6 Å². The van der Waals surface area contributed by atoms with Gasteiger partial charge in [-0.05, 0) is 30.6 Å².